The molecular weight excluding hydrogens is 238 g/mol. The number of aliphatic hydroxyl groups is 1. The number of carbonyl (C=O) groups excluding carboxylic acids is 2. The Balaban J connectivity index is 4.42. The molecule has 2 atom stereocenters. The molecule has 0 rings (SSSR count). The van der Waals surface area contributed by atoms with E-state index in [0.29, 0.717) is 0 Å². The standard InChI is InChI=1S/C12H23NO5/c1-5-17-11(16)9(13)6-8(7-14)10(15)18-12(2,3)4/h8-9,14H,5-7,13H2,1-4H3/t8-,9?/m1/s1. The molecule has 18 heavy (non-hydrogen) atoms. The second-order valence-electron chi connectivity index (χ2n) is 5.01. The molecule has 0 aromatic carbocycles. The minimum atomic E-state index is -0.936. The number of nitrogens with two attached hydrogens (primary N) is 1. The van der Waals surface area contributed by atoms with E-state index in [0.717, 1.165) is 0 Å². The normalized spacial score (nSPS) is 14.8. The number of aliphatic hydroxyl groups excluding tert-OH is 1. The highest BCUT2D eigenvalue weighted by Crippen LogP contribution is 2.15. The predicted molar refractivity (Wildman–Crippen MR) is 65.6 cm³/mol. The van der Waals surface area contributed by atoms with Gasteiger partial charge < -0.3 is 20.3 Å². The van der Waals surface area contributed by atoms with Gasteiger partial charge in [-0.2, -0.15) is 0 Å². The topological polar surface area (TPSA) is 98.9 Å². The lowest BCUT2D eigenvalue weighted by Crippen LogP contribution is -2.39. The molecule has 6 nitrogen and oxygen atoms in total. The van der Waals surface area contributed by atoms with Gasteiger partial charge in [0.05, 0.1) is 19.1 Å². The van der Waals surface area contributed by atoms with Crippen molar-refractivity contribution in [3.8, 4) is 0 Å². The average molecular weight is 261 g/mol. The van der Waals surface area contributed by atoms with Gasteiger partial charge in [0.25, 0.3) is 0 Å². The Morgan fingerprint density at radius 2 is 1.83 bits per heavy atom. The molecule has 3 N–H and O–H groups in total. The van der Waals surface area contributed by atoms with Gasteiger partial charge in [-0.05, 0) is 34.1 Å². The third-order valence-corrected chi connectivity index (χ3v) is 2.09. The van der Waals surface area contributed by atoms with E-state index in [4.69, 9.17) is 20.3 Å². The van der Waals surface area contributed by atoms with Crippen LogP contribution < -0.4 is 5.73 Å². The first-order valence-electron chi connectivity index (χ1n) is 5.97. The van der Waals surface area contributed by atoms with Crippen LogP contribution in [0.5, 0.6) is 0 Å². The number of carbonyl (C=O) groups is 2. The summed E-state index contributed by atoms with van der Waals surface area (Å²) >= 11 is 0. The van der Waals surface area contributed by atoms with Gasteiger partial charge in [0, 0.05) is 0 Å². The van der Waals surface area contributed by atoms with E-state index in [1.165, 1.54) is 0 Å². The lowest BCUT2D eigenvalue weighted by atomic mass is 10.0. The first kappa shape index (κ1) is 16.9. The molecule has 0 saturated carbocycles. The van der Waals surface area contributed by atoms with E-state index >= 15 is 0 Å². The van der Waals surface area contributed by atoms with Gasteiger partial charge in [-0.25, -0.2) is 0 Å². The molecule has 0 saturated heterocycles. The van der Waals surface area contributed by atoms with Crippen molar-refractivity contribution in [3.05, 3.63) is 0 Å². The van der Waals surface area contributed by atoms with Crippen LogP contribution in [-0.2, 0) is 19.1 Å². The van der Waals surface area contributed by atoms with Crippen LogP contribution in [0.4, 0.5) is 0 Å². The molecular formula is C12H23NO5. The van der Waals surface area contributed by atoms with Gasteiger partial charge in [-0.15, -0.1) is 0 Å². The van der Waals surface area contributed by atoms with Gasteiger partial charge in [-0.1, -0.05) is 0 Å². The maximum Gasteiger partial charge on any atom is 0.322 e. The first-order chi connectivity index (χ1) is 8.21. The third-order valence-electron chi connectivity index (χ3n) is 2.09. The minimum absolute atomic E-state index is 0.00421. The smallest absolute Gasteiger partial charge is 0.322 e. The summed E-state index contributed by atoms with van der Waals surface area (Å²) in [6, 6.07) is -0.936. The molecule has 0 spiro atoms. The van der Waals surface area contributed by atoms with Gasteiger partial charge in [-0.3, -0.25) is 9.59 Å². The molecule has 0 aliphatic carbocycles. The fourth-order valence-corrected chi connectivity index (χ4v) is 1.28. The molecule has 0 aromatic rings. The van der Waals surface area contributed by atoms with Crippen LogP contribution in [0.15, 0.2) is 0 Å². The van der Waals surface area contributed by atoms with Crippen molar-refractivity contribution >= 4 is 11.9 Å². The third kappa shape index (κ3) is 6.56. The highest BCUT2D eigenvalue weighted by Gasteiger charge is 2.29. The van der Waals surface area contributed by atoms with E-state index in [2.05, 4.69) is 0 Å². The first-order valence-corrected chi connectivity index (χ1v) is 5.97. The second kappa shape index (κ2) is 7.33. The number of rotatable bonds is 6. The zero-order valence-electron chi connectivity index (χ0n) is 11.4. The van der Waals surface area contributed by atoms with Crippen LogP contribution in [0, 0.1) is 5.92 Å². The van der Waals surface area contributed by atoms with Crippen LogP contribution in [-0.4, -0.2) is 41.9 Å². The molecule has 0 fully saturated rings. The number of esters is 2. The van der Waals surface area contributed by atoms with E-state index < -0.39 is 36.1 Å². The monoisotopic (exact) mass is 261 g/mol. The largest absolute Gasteiger partial charge is 0.465 e. The molecule has 0 radical (unpaired) electrons. The average Bonchev–Trinajstić information content (AvgIpc) is 2.23. The molecule has 0 aliphatic rings. The van der Waals surface area contributed by atoms with E-state index in [1.807, 2.05) is 0 Å². The van der Waals surface area contributed by atoms with E-state index in [9.17, 15) is 9.59 Å². The molecule has 0 amide bonds. The zero-order chi connectivity index (χ0) is 14.3. The molecule has 1 unspecified atom stereocenters. The van der Waals surface area contributed by atoms with Gasteiger partial charge in [0.15, 0.2) is 0 Å². The van der Waals surface area contributed by atoms with Crippen molar-refractivity contribution in [2.24, 2.45) is 11.7 Å². The van der Waals surface area contributed by atoms with Crippen molar-refractivity contribution < 1.29 is 24.2 Å². The fourth-order valence-electron chi connectivity index (χ4n) is 1.28. The van der Waals surface area contributed by atoms with Crippen LogP contribution in [0.2, 0.25) is 0 Å². The summed E-state index contributed by atoms with van der Waals surface area (Å²) in [5, 5.41) is 9.15. The zero-order valence-corrected chi connectivity index (χ0v) is 11.4. The summed E-state index contributed by atoms with van der Waals surface area (Å²) in [5.74, 6) is -1.96. The Morgan fingerprint density at radius 3 is 2.22 bits per heavy atom. The molecule has 6 heteroatoms. The maximum atomic E-state index is 11.7. The molecule has 0 bridgehead atoms. The van der Waals surface area contributed by atoms with Gasteiger partial charge in [0.1, 0.15) is 11.6 Å². The summed E-state index contributed by atoms with van der Waals surface area (Å²) in [6.07, 6.45) is 0.00421. The molecule has 106 valence electrons. The summed E-state index contributed by atoms with van der Waals surface area (Å²) in [7, 11) is 0. The number of hydrogen-bond acceptors (Lipinski definition) is 6. The number of hydrogen-bond donors (Lipinski definition) is 2. The second-order valence-corrected chi connectivity index (χ2v) is 5.01. The lowest BCUT2D eigenvalue weighted by Gasteiger charge is -2.24. The summed E-state index contributed by atoms with van der Waals surface area (Å²) < 4.78 is 9.86. The number of ether oxygens (including phenoxy) is 2. The van der Waals surface area contributed by atoms with E-state index in [-0.39, 0.29) is 13.0 Å². The highest BCUT2D eigenvalue weighted by molar-refractivity contribution is 5.78. The van der Waals surface area contributed by atoms with E-state index in [1.54, 1.807) is 27.7 Å². The van der Waals surface area contributed by atoms with Crippen LogP contribution >= 0.6 is 0 Å². The maximum absolute atomic E-state index is 11.7. The molecule has 0 aliphatic heterocycles. The van der Waals surface area contributed by atoms with Crippen molar-refractivity contribution in [1.82, 2.24) is 0 Å². The fraction of sp³-hybridized carbons (Fsp3) is 0.833. The predicted octanol–water partition coefficient (Wildman–Crippen LogP) is 0.217. The Bertz CT molecular complexity index is 285. The van der Waals surface area contributed by atoms with Crippen LogP contribution in [0.1, 0.15) is 34.1 Å². The Hall–Kier alpha value is -1.14. The minimum Gasteiger partial charge on any atom is -0.465 e. The van der Waals surface area contributed by atoms with Crippen molar-refractivity contribution in [2.75, 3.05) is 13.2 Å². The Kier molecular flexibility index (Phi) is 6.86. The van der Waals surface area contributed by atoms with Gasteiger partial charge >= 0.3 is 11.9 Å². The Labute approximate surface area is 107 Å². The molecule has 0 aromatic heterocycles. The highest BCUT2D eigenvalue weighted by atomic mass is 16.6. The quantitative estimate of drug-likeness (QED) is 0.663. The van der Waals surface area contributed by atoms with Crippen molar-refractivity contribution in [2.45, 2.75) is 45.8 Å². The summed E-state index contributed by atoms with van der Waals surface area (Å²) in [6.45, 7) is 6.66. The van der Waals surface area contributed by atoms with Crippen LogP contribution in [0.3, 0.4) is 0 Å². The Morgan fingerprint density at radius 1 is 1.28 bits per heavy atom. The summed E-state index contributed by atoms with van der Waals surface area (Å²) in [5.41, 5.74) is 4.95. The van der Waals surface area contributed by atoms with Gasteiger partial charge in [0.2, 0.25) is 0 Å². The lowest BCUT2D eigenvalue weighted by molar-refractivity contribution is -0.162. The van der Waals surface area contributed by atoms with Crippen LogP contribution in [0.25, 0.3) is 0 Å². The SMILES string of the molecule is CCOC(=O)C(N)C[C@H](CO)C(=O)OC(C)(C)C. The molecule has 0 heterocycles. The van der Waals surface area contributed by atoms with Crippen molar-refractivity contribution in [1.29, 1.82) is 0 Å². The summed E-state index contributed by atoms with van der Waals surface area (Å²) in [4.78, 5) is 23.0. The van der Waals surface area contributed by atoms with Crippen molar-refractivity contribution in [3.63, 3.8) is 0 Å².